The molecule has 1 amide bonds. The van der Waals surface area contributed by atoms with Crippen LogP contribution in [-0.2, 0) is 9.53 Å². The lowest BCUT2D eigenvalue weighted by Crippen LogP contribution is -2.30. The molecule has 136 valence electrons. The maximum atomic E-state index is 12.1. The van der Waals surface area contributed by atoms with Gasteiger partial charge in [-0.25, -0.2) is 9.78 Å². The Hall–Kier alpha value is -2.15. The van der Waals surface area contributed by atoms with Gasteiger partial charge in [-0.3, -0.25) is 9.59 Å². The number of nitrogens with zero attached hydrogens (tertiary/aromatic N) is 1. The molecule has 26 heavy (non-hydrogen) atoms. The maximum Gasteiger partial charge on any atom is 0.359 e. The number of ketones is 1. The molecule has 0 spiro atoms. The summed E-state index contributed by atoms with van der Waals surface area (Å²) in [6.45, 7) is 2.83. The third-order valence-corrected chi connectivity index (χ3v) is 4.56. The maximum absolute atomic E-state index is 12.1. The molecule has 1 N–H and O–H groups in total. The highest BCUT2D eigenvalue weighted by atomic mass is 35.5. The Morgan fingerprint density at radius 1 is 1.08 bits per heavy atom. The molecule has 1 aromatic heterocycles. The van der Waals surface area contributed by atoms with Crippen molar-refractivity contribution in [3.63, 3.8) is 0 Å². The van der Waals surface area contributed by atoms with Crippen molar-refractivity contribution in [2.24, 2.45) is 0 Å². The number of halogens is 3. The van der Waals surface area contributed by atoms with Crippen molar-refractivity contribution in [2.75, 3.05) is 5.32 Å². The zero-order chi connectivity index (χ0) is 19.4. The molecule has 0 fully saturated rings. The number of Topliss-reactive ketones (excluding diaryl/α,β-unsaturated/α-hetero) is 1. The van der Waals surface area contributed by atoms with Gasteiger partial charge in [0.05, 0.1) is 15.1 Å². The average Bonchev–Trinajstić information content (AvgIpc) is 2.60. The minimum absolute atomic E-state index is 0.0297. The third-order valence-electron chi connectivity index (χ3n) is 3.32. The smallest absolute Gasteiger partial charge is 0.359 e. The molecule has 2 rings (SSSR count). The number of ether oxygens (including phenoxy) is 1. The van der Waals surface area contributed by atoms with Crippen LogP contribution in [0.1, 0.15) is 34.7 Å². The van der Waals surface area contributed by atoms with E-state index < -0.39 is 18.0 Å². The lowest BCUT2D eigenvalue weighted by molar-refractivity contribution is -0.123. The van der Waals surface area contributed by atoms with Crippen LogP contribution in [0.3, 0.4) is 0 Å². The van der Waals surface area contributed by atoms with E-state index >= 15 is 0 Å². The lowest BCUT2D eigenvalue weighted by Gasteiger charge is -2.14. The van der Waals surface area contributed by atoms with Crippen molar-refractivity contribution in [2.45, 2.75) is 20.0 Å². The number of carbonyl (C=O) groups is 3. The van der Waals surface area contributed by atoms with Crippen LogP contribution in [0, 0.1) is 0 Å². The molecule has 0 aliphatic rings. The number of hydrogen-bond acceptors (Lipinski definition) is 5. The second-order valence-corrected chi connectivity index (χ2v) is 6.42. The van der Waals surface area contributed by atoms with E-state index in [-0.39, 0.29) is 26.5 Å². The van der Waals surface area contributed by atoms with Gasteiger partial charge in [0.15, 0.2) is 17.6 Å². The second kappa shape index (κ2) is 8.49. The van der Waals surface area contributed by atoms with E-state index in [4.69, 9.17) is 39.5 Å². The van der Waals surface area contributed by atoms with E-state index in [1.165, 1.54) is 13.8 Å². The number of pyridine rings is 1. The van der Waals surface area contributed by atoms with Gasteiger partial charge >= 0.3 is 5.97 Å². The van der Waals surface area contributed by atoms with Crippen molar-refractivity contribution in [3.8, 4) is 0 Å². The Labute approximate surface area is 164 Å². The number of nitrogens with one attached hydrogen (secondary N) is 1. The molecule has 6 nitrogen and oxygen atoms in total. The Bertz CT molecular complexity index is 869. The summed E-state index contributed by atoms with van der Waals surface area (Å²) in [4.78, 5) is 39.3. The molecule has 1 unspecified atom stereocenters. The topological polar surface area (TPSA) is 85.4 Å². The van der Waals surface area contributed by atoms with Crippen molar-refractivity contribution in [3.05, 3.63) is 56.8 Å². The minimum Gasteiger partial charge on any atom is -0.448 e. The van der Waals surface area contributed by atoms with Gasteiger partial charge in [-0.2, -0.15) is 0 Å². The van der Waals surface area contributed by atoms with Crippen LogP contribution in [0.2, 0.25) is 15.1 Å². The molecular weight excluding hydrogens is 403 g/mol. The molecule has 1 atom stereocenters. The SMILES string of the molecule is CC(=O)c1ccc(NC(=O)C(C)OC(=O)c2ncc(Cl)c(Cl)c2Cl)cc1. The van der Waals surface area contributed by atoms with Crippen LogP contribution in [0.4, 0.5) is 5.69 Å². The molecule has 0 radical (unpaired) electrons. The fraction of sp³-hybridized carbons (Fsp3) is 0.176. The molecule has 9 heteroatoms. The average molecular weight is 416 g/mol. The molecule has 0 bridgehead atoms. The number of rotatable bonds is 5. The van der Waals surface area contributed by atoms with Gasteiger partial charge in [-0.15, -0.1) is 0 Å². The normalized spacial score (nSPS) is 11.6. The molecule has 0 saturated heterocycles. The molecule has 2 aromatic rings. The number of esters is 1. The van der Waals surface area contributed by atoms with Gasteiger partial charge in [0, 0.05) is 17.4 Å². The number of amides is 1. The Balaban J connectivity index is 2.03. The van der Waals surface area contributed by atoms with E-state index in [2.05, 4.69) is 10.3 Å². The first kappa shape index (κ1) is 20.2. The minimum atomic E-state index is -1.12. The first-order valence-electron chi connectivity index (χ1n) is 7.33. The highest BCUT2D eigenvalue weighted by Crippen LogP contribution is 2.31. The van der Waals surface area contributed by atoms with Crippen LogP contribution < -0.4 is 5.32 Å². The molecule has 0 aliphatic carbocycles. The van der Waals surface area contributed by atoms with Crippen LogP contribution >= 0.6 is 34.8 Å². The lowest BCUT2D eigenvalue weighted by atomic mass is 10.1. The first-order valence-corrected chi connectivity index (χ1v) is 8.46. The number of aromatic nitrogens is 1. The predicted octanol–water partition coefficient (Wildman–Crippen LogP) is 4.43. The third kappa shape index (κ3) is 4.72. The highest BCUT2D eigenvalue weighted by molar-refractivity contribution is 6.48. The number of anilines is 1. The van der Waals surface area contributed by atoms with E-state index in [9.17, 15) is 14.4 Å². The monoisotopic (exact) mass is 414 g/mol. The fourth-order valence-electron chi connectivity index (χ4n) is 1.89. The molecule has 1 aromatic carbocycles. The van der Waals surface area contributed by atoms with Crippen molar-refractivity contribution in [1.82, 2.24) is 4.98 Å². The molecule has 1 heterocycles. The number of carbonyl (C=O) groups excluding carboxylic acids is 3. The van der Waals surface area contributed by atoms with Gasteiger partial charge in [0.25, 0.3) is 5.91 Å². The van der Waals surface area contributed by atoms with Gasteiger partial charge in [-0.1, -0.05) is 34.8 Å². The molecular formula is C17H13Cl3N2O4. The summed E-state index contributed by atoms with van der Waals surface area (Å²) < 4.78 is 5.05. The summed E-state index contributed by atoms with van der Waals surface area (Å²) in [5, 5.41) is 2.48. The van der Waals surface area contributed by atoms with E-state index in [0.29, 0.717) is 11.3 Å². The standard InChI is InChI=1S/C17H13Cl3N2O4/c1-8(23)10-3-5-11(6-4-10)22-16(24)9(2)26-17(25)15-14(20)13(19)12(18)7-21-15/h3-7,9H,1-2H3,(H,22,24). The van der Waals surface area contributed by atoms with Crippen LogP contribution in [0.5, 0.6) is 0 Å². The molecule has 0 saturated carbocycles. The quantitative estimate of drug-likeness (QED) is 0.577. The zero-order valence-corrected chi connectivity index (χ0v) is 15.9. The van der Waals surface area contributed by atoms with E-state index in [1.54, 1.807) is 24.3 Å². The summed E-state index contributed by atoms with van der Waals surface area (Å²) in [5.41, 5.74) is 0.725. The van der Waals surface area contributed by atoms with Crippen LogP contribution in [-0.4, -0.2) is 28.7 Å². The van der Waals surface area contributed by atoms with Crippen molar-refractivity contribution in [1.29, 1.82) is 0 Å². The van der Waals surface area contributed by atoms with Crippen LogP contribution in [0.15, 0.2) is 30.5 Å². The van der Waals surface area contributed by atoms with Gasteiger partial charge in [0.2, 0.25) is 0 Å². The number of hydrogen-bond donors (Lipinski definition) is 1. The Kier molecular flexibility index (Phi) is 6.58. The summed E-state index contributed by atoms with van der Waals surface area (Å²) in [6, 6.07) is 6.29. The summed E-state index contributed by atoms with van der Waals surface area (Å²) >= 11 is 17.5. The fourth-order valence-corrected chi connectivity index (χ4v) is 2.45. The van der Waals surface area contributed by atoms with E-state index in [1.807, 2.05) is 0 Å². The highest BCUT2D eigenvalue weighted by Gasteiger charge is 2.23. The summed E-state index contributed by atoms with van der Waals surface area (Å²) in [7, 11) is 0. The predicted molar refractivity (Wildman–Crippen MR) is 99.2 cm³/mol. The summed E-state index contributed by atoms with van der Waals surface area (Å²) in [5.74, 6) is -1.57. The largest absolute Gasteiger partial charge is 0.448 e. The van der Waals surface area contributed by atoms with Gasteiger partial charge in [-0.05, 0) is 38.1 Å². The summed E-state index contributed by atoms with van der Waals surface area (Å²) in [6.07, 6.45) is 0.0375. The number of benzene rings is 1. The second-order valence-electron chi connectivity index (χ2n) is 5.25. The van der Waals surface area contributed by atoms with Gasteiger partial charge < -0.3 is 10.1 Å². The first-order chi connectivity index (χ1) is 12.2. The Morgan fingerprint density at radius 2 is 1.69 bits per heavy atom. The Morgan fingerprint density at radius 3 is 2.27 bits per heavy atom. The van der Waals surface area contributed by atoms with Crippen LogP contribution in [0.25, 0.3) is 0 Å². The molecule has 0 aliphatic heterocycles. The van der Waals surface area contributed by atoms with Gasteiger partial charge in [0.1, 0.15) is 0 Å². The van der Waals surface area contributed by atoms with Crippen molar-refractivity contribution >= 4 is 58.1 Å². The van der Waals surface area contributed by atoms with E-state index in [0.717, 1.165) is 6.20 Å². The zero-order valence-electron chi connectivity index (χ0n) is 13.7. The van der Waals surface area contributed by atoms with Crippen molar-refractivity contribution < 1.29 is 19.1 Å².